The molecule has 0 radical (unpaired) electrons. The van der Waals surface area contributed by atoms with Gasteiger partial charge in [-0.1, -0.05) is 0 Å². The topological polar surface area (TPSA) is 96.1 Å². The number of pyridine rings is 1. The number of amides is 2. The zero-order valence-corrected chi connectivity index (χ0v) is 15.9. The molecule has 0 bridgehead atoms. The van der Waals surface area contributed by atoms with Gasteiger partial charge in [-0.05, 0) is 43.5 Å². The van der Waals surface area contributed by atoms with Gasteiger partial charge in [-0.15, -0.1) is 0 Å². The Hall–Kier alpha value is -3.11. The van der Waals surface area contributed by atoms with Crippen molar-refractivity contribution in [1.82, 2.24) is 15.3 Å². The highest BCUT2D eigenvalue weighted by molar-refractivity contribution is 5.94. The summed E-state index contributed by atoms with van der Waals surface area (Å²) in [6, 6.07) is 5.33. The molecule has 1 fully saturated rings. The van der Waals surface area contributed by atoms with Crippen LogP contribution in [0.25, 0.3) is 0 Å². The minimum Gasteiger partial charge on any atom is -0.472 e. The lowest BCUT2D eigenvalue weighted by Crippen LogP contribution is -2.33. The van der Waals surface area contributed by atoms with Crippen LogP contribution in [-0.4, -0.2) is 40.7 Å². The summed E-state index contributed by atoms with van der Waals surface area (Å²) in [6.45, 7) is 0.193. The van der Waals surface area contributed by atoms with Gasteiger partial charge in [0.2, 0.25) is 5.91 Å². The minimum atomic E-state index is -4.30. The van der Waals surface area contributed by atoms with E-state index in [-0.39, 0.29) is 23.4 Å². The summed E-state index contributed by atoms with van der Waals surface area (Å²) in [4.78, 5) is 30.7. The molecule has 11 heteroatoms. The fraction of sp³-hybridized carbons (Fsp3) is 0.421. The van der Waals surface area contributed by atoms with Gasteiger partial charge in [0.05, 0.1) is 6.04 Å². The van der Waals surface area contributed by atoms with E-state index < -0.39 is 30.9 Å². The molecular formula is C19H20F4N4O3. The monoisotopic (exact) mass is 428 g/mol. The van der Waals surface area contributed by atoms with Crippen LogP contribution in [0.4, 0.5) is 23.4 Å². The van der Waals surface area contributed by atoms with Crippen molar-refractivity contribution in [1.29, 1.82) is 0 Å². The van der Waals surface area contributed by atoms with E-state index >= 15 is 0 Å². The molecule has 1 aliphatic rings. The minimum absolute atomic E-state index is 0.00790. The van der Waals surface area contributed by atoms with Gasteiger partial charge in [0.25, 0.3) is 5.91 Å². The van der Waals surface area contributed by atoms with E-state index in [1.165, 1.54) is 18.3 Å². The van der Waals surface area contributed by atoms with Crippen LogP contribution in [0.1, 0.15) is 41.9 Å². The van der Waals surface area contributed by atoms with E-state index in [1.807, 2.05) is 0 Å². The molecule has 2 heterocycles. The first-order chi connectivity index (χ1) is 14.2. The molecule has 30 heavy (non-hydrogen) atoms. The van der Waals surface area contributed by atoms with Crippen molar-refractivity contribution >= 4 is 17.6 Å². The molecular weight excluding hydrogens is 408 g/mol. The molecule has 0 spiro atoms. The van der Waals surface area contributed by atoms with Gasteiger partial charge >= 0.3 is 12.3 Å². The standard InChI is InChI=1S/C19H20F4N4O3/c1-10(12-6-7-24-14(8-12)27-16(28)11-2-3-11)25-17(29)13-4-5-15(26-13)30-9-19(22,23)18(20)21/h4-8,10-11,18,26H,2-3,9H2,1H3,(H,25,29)(H,24,27,28). The van der Waals surface area contributed by atoms with Crippen molar-refractivity contribution in [3.05, 3.63) is 41.7 Å². The zero-order valence-electron chi connectivity index (χ0n) is 15.9. The molecule has 1 unspecified atom stereocenters. The van der Waals surface area contributed by atoms with Gasteiger partial charge in [0, 0.05) is 18.2 Å². The maximum atomic E-state index is 12.9. The van der Waals surface area contributed by atoms with E-state index in [2.05, 4.69) is 25.3 Å². The van der Waals surface area contributed by atoms with Crippen LogP contribution in [0.2, 0.25) is 0 Å². The Morgan fingerprint density at radius 2 is 2.03 bits per heavy atom. The Balaban J connectivity index is 1.57. The Morgan fingerprint density at radius 3 is 2.70 bits per heavy atom. The second kappa shape index (κ2) is 8.72. The Kier molecular flexibility index (Phi) is 6.28. The maximum absolute atomic E-state index is 12.9. The van der Waals surface area contributed by atoms with Crippen molar-refractivity contribution in [3.63, 3.8) is 0 Å². The van der Waals surface area contributed by atoms with Gasteiger partial charge in [0.1, 0.15) is 11.5 Å². The SMILES string of the molecule is CC(NC(=O)c1ccc(OCC(F)(F)C(F)F)[nH]1)c1ccnc(NC(=O)C2CC2)c1. The van der Waals surface area contributed by atoms with Crippen molar-refractivity contribution in [2.24, 2.45) is 5.92 Å². The largest absolute Gasteiger partial charge is 0.472 e. The van der Waals surface area contributed by atoms with Crippen LogP contribution in [0.3, 0.4) is 0 Å². The fourth-order valence-corrected chi connectivity index (χ4v) is 2.54. The highest BCUT2D eigenvalue weighted by Gasteiger charge is 2.41. The maximum Gasteiger partial charge on any atom is 0.340 e. The number of aromatic nitrogens is 2. The first-order valence-electron chi connectivity index (χ1n) is 9.21. The second-order valence-electron chi connectivity index (χ2n) is 7.02. The molecule has 0 aromatic carbocycles. The van der Waals surface area contributed by atoms with Crippen molar-refractivity contribution in [3.8, 4) is 5.88 Å². The lowest BCUT2D eigenvalue weighted by atomic mass is 10.1. The first kappa shape index (κ1) is 21.6. The van der Waals surface area contributed by atoms with Crippen molar-refractivity contribution in [2.75, 3.05) is 11.9 Å². The molecule has 0 aliphatic heterocycles. The molecule has 2 aromatic heterocycles. The Morgan fingerprint density at radius 1 is 1.30 bits per heavy atom. The van der Waals surface area contributed by atoms with E-state index in [0.29, 0.717) is 11.4 Å². The molecule has 162 valence electrons. The zero-order chi connectivity index (χ0) is 21.9. The quantitative estimate of drug-likeness (QED) is 0.533. The molecule has 1 atom stereocenters. The van der Waals surface area contributed by atoms with Crippen LogP contribution in [0.5, 0.6) is 5.88 Å². The average molecular weight is 428 g/mol. The summed E-state index contributed by atoms with van der Waals surface area (Å²) < 4.78 is 54.8. The highest BCUT2D eigenvalue weighted by Crippen LogP contribution is 2.30. The number of nitrogens with one attached hydrogen (secondary N) is 3. The lowest BCUT2D eigenvalue weighted by molar-refractivity contribution is -0.148. The number of aromatic amines is 1. The number of rotatable bonds is 9. The number of alkyl halides is 4. The third-order valence-corrected chi connectivity index (χ3v) is 4.47. The summed E-state index contributed by atoms with van der Waals surface area (Å²) in [7, 11) is 0. The summed E-state index contributed by atoms with van der Waals surface area (Å²) in [6.07, 6.45) is -0.626. The number of hydrogen-bond acceptors (Lipinski definition) is 4. The molecule has 7 nitrogen and oxygen atoms in total. The molecule has 0 saturated heterocycles. The van der Waals surface area contributed by atoms with Crippen molar-refractivity contribution in [2.45, 2.75) is 38.2 Å². The normalized spacial score (nSPS) is 15.0. The smallest absolute Gasteiger partial charge is 0.340 e. The lowest BCUT2D eigenvalue weighted by Gasteiger charge is -2.15. The van der Waals surface area contributed by atoms with E-state index in [1.54, 1.807) is 19.1 Å². The highest BCUT2D eigenvalue weighted by atomic mass is 19.3. The third kappa shape index (κ3) is 5.49. The third-order valence-electron chi connectivity index (χ3n) is 4.47. The summed E-state index contributed by atoms with van der Waals surface area (Å²) in [5, 5.41) is 5.42. The number of carbonyl (C=O) groups excluding carboxylic acids is 2. The molecule has 2 aromatic rings. The first-order valence-corrected chi connectivity index (χ1v) is 9.21. The fourth-order valence-electron chi connectivity index (χ4n) is 2.54. The van der Waals surface area contributed by atoms with Crippen molar-refractivity contribution < 1.29 is 31.9 Å². The predicted octanol–water partition coefficient (Wildman–Crippen LogP) is 3.53. The predicted molar refractivity (Wildman–Crippen MR) is 98.7 cm³/mol. The number of carbonyl (C=O) groups is 2. The van der Waals surface area contributed by atoms with Crippen LogP contribution in [0, 0.1) is 5.92 Å². The number of H-pyrrole nitrogens is 1. The summed E-state index contributed by atoms with van der Waals surface area (Å²) >= 11 is 0. The van der Waals surface area contributed by atoms with E-state index in [4.69, 9.17) is 0 Å². The van der Waals surface area contributed by atoms with Gasteiger partial charge in [-0.2, -0.15) is 8.78 Å². The molecule has 3 rings (SSSR count). The number of nitrogens with zero attached hydrogens (tertiary/aromatic N) is 1. The number of halogens is 4. The molecule has 1 aliphatic carbocycles. The number of ether oxygens (including phenoxy) is 1. The van der Waals surface area contributed by atoms with Gasteiger partial charge in [-0.25, -0.2) is 13.8 Å². The summed E-state index contributed by atoms with van der Waals surface area (Å²) in [5.41, 5.74) is 0.692. The van der Waals surface area contributed by atoms with Gasteiger partial charge < -0.3 is 20.4 Å². The van der Waals surface area contributed by atoms with Gasteiger partial charge in [-0.3, -0.25) is 9.59 Å². The Bertz CT molecular complexity index is 915. The van der Waals surface area contributed by atoms with Crippen LogP contribution < -0.4 is 15.4 Å². The average Bonchev–Trinajstić information content (AvgIpc) is 3.44. The van der Waals surface area contributed by atoms with Crippen LogP contribution in [0.15, 0.2) is 30.5 Å². The van der Waals surface area contributed by atoms with Crippen LogP contribution in [-0.2, 0) is 4.79 Å². The molecule has 2 amide bonds. The van der Waals surface area contributed by atoms with Crippen LogP contribution >= 0.6 is 0 Å². The number of anilines is 1. The van der Waals surface area contributed by atoms with E-state index in [9.17, 15) is 27.2 Å². The van der Waals surface area contributed by atoms with Gasteiger partial charge in [0.15, 0.2) is 12.5 Å². The Labute approximate surface area is 169 Å². The van der Waals surface area contributed by atoms with E-state index in [0.717, 1.165) is 12.8 Å². The molecule has 1 saturated carbocycles. The number of hydrogen-bond donors (Lipinski definition) is 3. The molecule has 3 N–H and O–H groups in total. The summed E-state index contributed by atoms with van der Waals surface area (Å²) in [5.74, 6) is -4.78. The second-order valence-corrected chi connectivity index (χ2v) is 7.02.